The van der Waals surface area contributed by atoms with Gasteiger partial charge in [0.05, 0.1) is 12.8 Å². The highest BCUT2D eigenvalue weighted by Gasteiger charge is 2.07. The zero-order chi connectivity index (χ0) is 11.1. The van der Waals surface area contributed by atoms with Crippen LogP contribution in [0.5, 0.6) is 0 Å². The largest absolute Gasteiger partial charge is 0.468 e. The van der Waals surface area contributed by atoms with Crippen molar-refractivity contribution in [3.05, 3.63) is 23.7 Å². The smallest absolute Gasteiger partial charge is 0.122 e. The monoisotopic (exact) mass is 210 g/mol. The summed E-state index contributed by atoms with van der Waals surface area (Å²) in [6.45, 7) is 8.24. The van der Waals surface area contributed by atoms with Gasteiger partial charge in [-0.25, -0.2) is 0 Å². The van der Waals surface area contributed by atoms with Crippen molar-refractivity contribution < 1.29 is 4.42 Å². The number of nitrogens with zero attached hydrogens (tertiary/aromatic N) is 1. The lowest BCUT2D eigenvalue weighted by molar-refractivity contribution is 0.307. The molecule has 3 heteroatoms. The second-order valence-electron chi connectivity index (χ2n) is 3.88. The zero-order valence-corrected chi connectivity index (χ0v) is 10.0. The van der Waals surface area contributed by atoms with Crippen molar-refractivity contribution >= 4 is 0 Å². The Labute approximate surface area is 92.5 Å². The second-order valence-corrected chi connectivity index (χ2v) is 3.88. The second kappa shape index (κ2) is 6.64. The molecule has 86 valence electrons. The highest BCUT2D eigenvalue weighted by molar-refractivity contribution is 5.16. The van der Waals surface area contributed by atoms with E-state index in [0.29, 0.717) is 0 Å². The fourth-order valence-electron chi connectivity index (χ4n) is 1.42. The van der Waals surface area contributed by atoms with E-state index in [2.05, 4.69) is 37.2 Å². The molecule has 0 radical (unpaired) electrons. The molecule has 0 aliphatic heterocycles. The Kier molecular flexibility index (Phi) is 5.43. The van der Waals surface area contributed by atoms with Crippen LogP contribution < -0.4 is 5.32 Å². The van der Waals surface area contributed by atoms with Gasteiger partial charge in [-0.3, -0.25) is 4.90 Å². The number of nitrogens with one attached hydrogen (secondary N) is 1. The maximum Gasteiger partial charge on any atom is 0.122 e. The summed E-state index contributed by atoms with van der Waals surface area (Å²) in [7, 11) is 2.10. The van der Waals surface area contributed by atoms with E-state index in [1.165, 1.54) is 12.0 Å². The standard InChI is InChI=1S/C12H22N2O/c1-4-7-13-9-11-6-8-15-12(11)10-14(3)5-2/h6,8,13H,4-5,7,9-10H2,1-3H3. The minimum atomic E-state index is 0.895. The number of furan rings is 1. The molecular weight excluding hydrogens is 188 g/mol. The first-order valence-corrected chi connectivity index (χ1v) is 5.72. The van der Waals surface area contributed by atoms with Gasteiger partial charge in [-0.2, -0.15) is 0 Å². The van der Waals surface area contributed by atoms with E-state index in [0.717, 1.165) is 31.9 Å². The normalized spacial score (nSPS) is 11.2. The molecule has 0 saturated heterocycles. The van der Waals surface area contributed by atoms with E-state index in [1.54, 1.807) is 6.26 Å². The molecule has 0 amide bonds. The summed E-state index contributed by atoms with van der Waals surface area (Å²) >= 11 is 0. The Balaban J connectivity index is 2.45. The summed E-state index contributed by atoms with van der Waals surface area (Å²) in [6.07, 6.45) is 2.95. The molecule has 0 bridgehead atoms. The molecule has 1 aromatic heterocycles. The summed E-state index contributed by atoms with van der Waals surface area (Å²) < 4.78 is 5.49. The lowest BCUT2D eigenvalue weighted by Crippen LogP contribution is -2.19. The minimum Gasteiger partial charge on any atom is -0.468 e. The first-order valence-electron chi connectivity index (χ1n) is 5.72. The SMILES string of the molecule is CCCNCc1ccoc1CN(C)CC. The fraction of sp³-hybridized carbons (Fsp3) is 0.667. The summed E-state index contributed by atoms with van der Waals surface area (Å²) in [6, 6.07) is 2.06. The van der Waals surface area contributed by atoms with Crippen LogP contribution in [0.4, 0.5) is 0 Å². The number of hydrogen-bond donors (Lipinski definition) is 1. The molecule has 1 heterocycles. The first kappa shape index (κ1) is 12.3. The van der Waals surface area contributed by atoms with Crippen LogP contribution in [0.3, 0.4) is 0 Å². The predicted octanol–water partition coefficient (Wildman–Crippen LogP) is 2.23. The minimum absolute atomic E-state index is 0.895. The van der Waals surface area contributed by atoms with Gasteiger partial charge in [-0.05, 0) is 32.6 Å². The lowest BCUT2D eigenvalue weighted by atomic mass is 10.2. The molecule has 0 fully saturated rings. The first-order chi connectivity index (χ1) is 7.27. The van der Waals surface area contributed by atoms with Crippen LogP contribution in [0, 0.1) is 0 Å². The van der Waals surface area contributed by atoms with Crippen LogP contribution in [0.1, 0.15) is 31.6 Å². The highest BCUT2D eigenvalue weighted by Crippen LogP contribution is 2.12. The van der Waals surface area contributed by atoms with Crippen molar-refractivity contribution in [1.82, 2.24) is 10.2 Å². The van der Waals surface area contributed by atoms with Gasteiger partial charge in [0, 0.05) is 12.1 Å². The van der Waals surface area contributed by atoms with Gasteiger partial charge < -0.3 is 9.73 Å². The van der Waals surface area contributed by atoms with Gasteiger partial charge in [-0.1, -0.05) is 13.8 Å². The third-order valence-corrected chi connectivity index (χ3v) is 2.53. The van der Waals surface area contributed by atoms with Gasteiger partial charge >= 0.3 is 0 Å². The lowest BCUT2D eigenvalue weighted by Gasteiger charge is -2.13. The molecule has 0 spiro atoms. The van der Waals surface area contributed by atoms with Crippen molar-refractivity contribution in [2.75, 3.05) is 20.1 Å². The van der Waals surface area contributed by atoms with Crippen LogP contribution in [0.25, 0.3) is 0 Å². The van der Waals surface area contributed by atoms with E-state index in [1.807, 2.05) is 0 Å². The third kappa shape index (κ3) is 4.06. The Morgan fingerprint density at radius 1 is 1.40 bits per heavy atom. The number of rotatable bonds is 7. The molecular formula is C12H22N2O. The van der Waals surface area contributed by atoms with Crippen LogP contribution in [0.2, 0.25) is 0 Å². The van der Waals surface area contributed by atoms with Crippen molar-refractivity contribution in [1.29, 1.82) is 0 Å². The Morgan fingerprint density at radius 3 is 2.87 bits per heavy atom. The van der Waals surface area contributed by atoms with Crippen LogP contribution in [-0.4, -0.2) is 25.0 Å². The Morgan fingerprint density at radius 2 is 2.20 bits per heavy atom. The third-order valence-electron chi connectivity index (χ3n) is 2.53. The van der Waals surface area contributed by atoms with Gasteiger partial charge in [0.2, 0.25) is 0 Å². The van der Waals surface area contributed by atoms with E-state index >= 15 is 0 Å². The number of hydrogen-bond acceptors (Lipinski definition) is 3. The highest BCUT2D eigenvalue weighted by atomic mass is 16.3. The van der Waals surface area contributed by atoms with Crippen molar-refractivity contribution in [3.8, 4) is 0 Å². The Hall–Kier alpha value is -0.800. The quantitative estimate of drug-likeness (QED) is 0.700. The zero-order valence-electron chi connectivity index (χ0n) is 10.0. The molecule has 0 atom stereocenters. The fourth-order valence-corrected chi connectivity index (χ4v) is 1.42. The van der Waals surface area contributed by atoms with Gasteiger partial charge in [-0.15, -0.1) is 0 Å². The molecule has 0 saturated carbocycles. The van der Waals surface area contributed by atoms with E-state index in [-0.39, 0.29) is 0 Å². The average Bonchev–Trinajstić information content (AvgIpc) is 2.66. The molecule has 1 N–H and O–H groups in total. The molecule has 0 unspecified atom stereocenters. The Bertz CT molecular complexity index is 270. The molecule has 0 aliphatic rings. The molecule has 1 aromatic rings. The van der Waals surface area contributed by atoms with Crippen LogP contribution in [-0.2, 0) is 13.1 Å². The van der Waals surface area contributed by atoms with E-state index < -0.39 is 0 Å². The summed E-state index contributed by atoms with van der Waals surface area (Å²) in [5, 5.41) is 3.39. The predicted molar refractivity (Wildman–Crippen MR) is 62.7 cm³/mol. The molecule has 0 aliphatic carbocycles. The van der Waals surface area contributed by atoms with Gasteiger partial charge in [0.15, 0.2) is 0 Å². The van der Waals surface area contributed by atoms with E-state index in [4.69, 9.17) is 4.42 Å². The maximum atomic E-state index is 5.49. The summed E-state index contributed by atoms with van der Waals surface area (Å²) in [5.74, 6) is 1.09. The van der Waals surface area contributed by atoms with Gasteiger partial charge in [0.1, 0.15) is 5.76 Å². The molecule has 1 rings (SSSR count). The molecule has 3 nitrogen and oxygen atoms in total. The summed E-state index contributed by atoms with van der Waals surface area (Å²) in [5.41, 5.74) is 1.28. The average molecular weight is 210 g/mol. The molecule has 15 heavy (non-hydrogen) atoms. The van der Waals surface area contributed by atoms with Crippen molar-refractivity contribution in [3.63, 3.8) is 0 Å². The van der Waals surface area contributed by atoms with Crippen LogP contribution >= 0.6 is 0 Å². The van der Waals surface area contributed by atoms with Crippen molar-refractivity contribution in [2.24, 2.45) is 0 Å². The van der Waals surface area contributed by atoms with Gasteiger partial charge in [0.25, 0.3) is 0 Å². The molecule has 0 aromatic carbocycles. The van der Waals surface area contributed by atoms with Crippen molar-refractivity contribution in [2.45, 2.75) is 33.4 Å². The van der Waals surface area contributed by atoms with Crippen LogP contribution in [0.15, 0.2) is 16.7 Å². The maximum absolute atomic E-state index is 5.49. The van der Waals surface area contributed by atoms with E-state index in [9.17, 15) is 0 Å². The topological polar surface area (TPSA) is 28.4 Å². The summed E-state index contributed by atoms with van der Waals surface area (Å²) in [4.78, 5) is 2.24.